The van der Waals surface area contributed by atoms with Gasteiger partial charge in [0.15, 0.2) is 5.11 Å². The monoisotopic (exact) mass is 429 g/mol. The summed E-state index contributed by atoms with van der Waals surface area (Å²) in [5, 5.41) is 11.8. The number of methoxy groups -OCH3 is 1. The highest BCUT2D eigenvalue weighted by atomic mass is 32.1. The average molecular weight is 429 g/mol. The Morgan fingerprint density at radius 3 is 2.61 bits per heavy atom. The van der Waals surface area contributed by atoms with E-state index in [1.807, 2.05) is 0 Å². The number of benzene rings is 2. The molecule has 0 bridgehead atoms. The number of anilines is 1. The third-order valence-corrected chi connectivity index (χ3v) is 4.94. The molecule has 1 saturated heterocycles. The van der Waals surface area contributed by atoms with Gasteiger partial charge in [-0.2, -0.15) is 5.26 Å². The molecule has 1 aromatic heterocycles. The van der Waals surface area contributed by atoms with Gasteiger partial charge in [0.2, 0.25) is 0 Å². The molecule has 0 saturated carbocycles. The van der Waals surface area contributed by atoms with Crippen molar-refractivity contribution >= 4 is 40.9 Å². The molecule has 7 nitrogen and oxygen atoms in total. The van der Waals surface area contributed by atoms with E-state index in [1.165, 1.54) is 18.1 Å². The maximum absolute atomic E-state index is 13.2. The zero-order valence-electron chi connectivity index (χ0n) is 16.3. The summed E-state index contributed by atoms with van der Waals surface area (Å²) in [6.45, 7) is 0. The van der Waals surface area contributed by atoms with E-state index >= 15 is 0 Å². The summed E-state index contributed by atoms with van der Waals surface area (Å²) in [5.41, 5.74) is 1.34. The van der Waals surface area contributed by atoms with Crippen LogP contribution in [-0.2, 0) is 9.59 Å². The fraction of sp³-hybridized carbons (Fsp3) is 0.0435. The van der Waals surface area contributed by atoms with Crippen LogP contribution in [0, 0.1) is 11.3 Å². The number of para-hydroxylation sites is 2. The predicted octanol–water partition coefficient (Wildman–Crippen LogP) is 3.66. The minimum atomic E-state index is -0.628. The Kier molecular flexibility index (Phi) is 5.35. The fourth-order valence-electron chi connectivity index (χ4n) is 3.20. The second-order valence-electron chi connectivity index (χ2n) is 6.49. The molecule has 0 unspecified atom stereocenters. The van der Waals surface area contributed by atoms with Crippen LogP contribution in [0.2, 0.25) is 0 Å². The number of ether oxygens (including phenoxy) is 1. The molecule has 3 aromatic rings. The zero-order chi connectivity index (χ0) is 22.0. The standard InChI is InChI=1S/C23H15N3O4S/c1-29-20-9-5-4-8-18(20)26-22(28)17(21(27)25-23(26)31)12-15-10-11-19(30-15)16-7-3-2-6-14(16)13-24/h2-12H,1H3,(H,25,27,31)/b17-12+. The first-order valence-electron chi connectivity index (χ1n) is 9.17. The van der Waals surface area contributed by atoms with Gasteiger partial charge in [0, 0.05) is 5.56 Å². The van der Waals surface area contributed by atoms with Gasteiger partial charge in [-0.1, -0.05) is 24.3 Å². The first-order chi connectivity index (χ1) is 15.0. The molecule has 0 aliphatic carbocycles. The second-order valence-corrected chi connectivity index (χ2v) is 6.88. The Balaban J connectivity index is 1.72. The van der Waals surface area contributed by atoms with Crippen molar-refractivity contribution < 1.29 is 18.7 Å². The number of hydrogen-bond donors (Lipinski definition) is 1. The topological polar surface area (TPSA) is 95.6 Å². The van der Waals surface area contributed by atoms with Crippen LogP contribution in [0.1, 0.15) is 11.3 Å². The smallest absolute Gasteiger partial charge is 0.270 e. The van der Waals surface area contributed by atoms with Gasteiger partial charge in [0.1, 0.15) is 22.8 Å². The van der Waals surface area contributed by atoms with Crippen molar-refractivity contribution in [2.45, 2.75) is 0 Å². The fourth-order valence-corrected chi connectivity index (χ4v) is 3.48. The van der Waals surface area contributed by atoms with Crippen molar-refractivity contribution in [3.8, 4) is 23.1 Å². The molecule has 0 radical (unpaired) electrons. The van der Waals surface area contributed by atoms with Gasteiger partial charge in [-0.25, -0.2) is 4.90 Å². The average Bonchev–Trinajstić information content (AvgIpc) is 3.25. The summed E-state index contributed by atoms with van der Waals surface area (Å²) in [5.74, 6) is -0.0638. The highest BCUT2D eigenvalue weighted by molar-refractivity contribution is 7.80. The van der Waals surface area contributed by atoms with Crippen LogP contribution in [-0.4, -0.2) is 24.0 Å². The quantitative estimate of drug-likeness (QED) is 0.386. The Morgan fingerprint density at radius 1 is 1.10 bits per heavy atom. The number of hydrogen-bond acceptors (Lipinski definition) is 6. The summed E-state index contributed by atoms with van der Waals surface area (Å²) < 4.78 is 11.1. The van der Waals surface area contributed by atoms with E-state index in [2.05, 4.69) is 11.4 Å². The highest BCUT2D eigenvalue weighted by Gasteiger charge is 2.36. The molecule has 1 aliphatic rings. The molecule has 1 N–H and O–H groups in total. The van der Waals surface area contributed by atoms with Gasteiger partial charge in [0.25, 0.3) is 11.8 Å². The van der Waals surface area contributed by atoms with Crippen LogP contribution in [0.5, 0.6) is 5.75 Å². The molecular formula is C23H15N3O4S. The molecule has 2 amide bonds. The Morgan fingerprint density at radius 2 is 1.84 bits per heavy atom. The Hall–Kier alpha value is -4.22. The summed E-state index contributed by atoms with van der Waals surface area (Å²) in [4.78, 5) is 26.9. The van der Waals surface area contributed by atoms with Gasteiger partial charge >= 0.3 is 0 Å². The van der Waals surface area contributed by atoms with E-state index in [0.717, 1.165) is 0 Å². The Bertz CT molecular complexity index is 1290. The van der Waals surface area contributed by atoms with E-state index in [9.17, 15) is 14.9 Å². The van der Waals surface area contributed by atoms with Gasteiger partial charge < -0.3 is 9.15 Å². The van der Waals surface area contributed by atoms with E-state index in [4.69, 9.17) is 21.4 Å². The highest BCUT2D eigenvalue weighted by Crippen LogP contribution is 2.31. The van der Waals surface area contributed by atoms with Gasteiger partial charge in [0.05, 0.1) is 24.4 Å². The summed E-state index contributed by atoms with van der Waals surface area (Å²) >= 11 is 5.22. The van der Waals surface area contributed by atoms with E-state index in [-0.39, 0.29) is 16.4 Å². The van der Waals surface area contributed by atoms with E-state index in [1.54, 1.807) is 60.7 Å². The van der Waals surface area contributed by atoms with Crippen molar-refractivity contribution in [3.63, 3.8) is 0 Å². The molecule has 2 aromatic carbocycles. The lowest BCUT2D eigenvalue weighted by Gasteiger charge is -2.29. The minimum absolute atomic E-state index is 0.0419. The predicted molar refractivity (Wildman–Crippen MR) is 118 cm³/mol. The van der Waals surface area contributed by atoms with Crippen molar-refractivity contribution in [1.29, 1.82) is 5.26 Å². The molecule has 152 valence electrons. The normalized spacial score (nSPS) is 15.0. The first kappa shape index (κ1) is 20.1. The lowest BCUT2D eigenvalue weighted by atomic mass is 10.1. The number of amides is 2. The van der Waals surface area contributed by atoms with Crippen LogP contribution >= 0.6 is 12.2 Å². The number of rotatable bonds is 4. The second kappa shape index (κ2) is 8.26. The number of carbonyl (C=O) groups is 2. The molecule has 0 spiro atoms. The number of carbonyl (C=O) groups excluding carboxylic acids is 2. The third kappa shape index (κ3) is 3.70. The minimum Gasteiger partial charge on any atom is -0.495 e. The number of nitrogens with one attached hydrogen (secondary N) is 1. The molecule has 0 atom stereocenters. The van der Waals surface area contributed by atoms with Crippen LogP contribution < -0.4 is 15.0 Å². The van der Waals surface area contributed by atoms with Crippen LogP contribution in [0.25, 0.3) is 17.4 Å². The largest absolute Gasteiger partial charge is 0.495 e. The molecule has 8 heteroatoms. The van der Waals surface area contributed by atoms with Crippen molar-refractivity contribution in [2.24, 2.45) is 0 Å². The SMILES string of the molecule is COc1ccccc1N1C(=O)/C(=C/c2ccc(-c3ccccc3C#N)o2)C(=O)NC1=S. The molecule has 1 aliphatic heterocycles. The van der Waals surface area contributed by atoms with Crippen molar-refractivity contribution in [2.75, 3.05) is 12.0 Å². The van der Waals surface area contributed by atoms with Crippen LogP contribution in [0.3, 0.4) is 0 Å². The summed E-state index contributed by atoms with van der Waals surface area (Å²) in [6, 6.07) is 19.3. The molecule has 4 rings (SSSR count). The first-order valence-corrected chi connectivity index (χ1v) is 9.58. The van der Waals surface area contributed by atoms with Crippen LogP contribution in [0.15, 0.2) is 70.7 Å². The summed E-state index contributed by atoms with van der Waals surface area (Å²) in [7, 11) is 1.48. The van der Waals surface area contributed by atoms with E-state index in [0.29, 0.717) is 28.3 Å². The number of nitriles is 1. The van der Waals surface area contributed by atoms with Gasteiger partial charge in [-0.05, 0) is 54.7 Å². The number of furan rings is 1. The zero-order valence-corrected chi connectivity index (χ0v) is 17.1. The Labute approximate surface area is 183 Å². The maximum atomic E-state index is 13.2. The van der Waals surface area contributed by atoms with Gasteiger partial charge in [-0.15, -0.1) is 0 Å². The molecule has 2 heterocycles. The molecule has 31 heavy (non-hydrogen) atoms. The van der Waals surface area contributed by atoms with Crippen molar-refractivity contribution in [1.82, 2.24) is 5.32 Å². The van der Waals surface area contributed by atoms with Gasteiger partial charge in [-0.3, -0.25) is 14.9 Å². The van der Waals surface area contributed by atoms with Crippen molar-refractivity contribution in [3.05, 3.63) is 77.6 Å². The number of thiocarbonyl (C=S) groups is 1. The van der Waals surface area contributed by atoms with E-state index < -0.39 is 11.8 Å². The lowest BCUT2D eigenvalue weighted by molar-refractivity contribution is -0.122. The lowest BCUT2D eigenvalue weighted by Crippen LogP contribution is -2.54. The molecule has 1 fully saturated rings. The van der Waals surface area contributed by atoms with Crippen LogP contribution in [0.4, 0.5) is 5.69 Å². The maximum Gasteiger partial charge on any atom is 0.270 e. The molecular weight excluding hydrogens is 414 g/mol. The summed E-state index contributed by atoms with van der Waals surface area (Å²) in [6.07, 6.45) is 1.35. The third-order valence-electron chi connectivity index (χ3n) is 4.65. The number of nitrogens with zero attached hydrogens (tertiary/aromatic N) is 2.